The van der Waals surface area contributed by atoms with E-state index in [1.807, 2.05) is 6.92 Å². The van der Waals surface area contributed by atoms with Gasteiger partial charge in [-0.3, -0.25) is 9.69 Å². The Hall–Kier alpha value is -1.44. The zero-order valence-corrected chi connectivity index (χ0v) is 15.1. The van der Waals surface area contributed by atoms with Crippen molar-refractivity contribution in [3.63, 3.8) is 0 Å². The lowest BCUT2D eigenvalue weighted by Crippen LogP contribution is -2.47. The quantitative estimate of drug-likeness (QED) is 0.783. The van der Waals surface area contributed by atoms with Crippen LogP contribution in [0.4, 0.5) is 0 Å². The summed E-state index contributed by atoms with van der Waals surface area (Å²) in [4.78, 5) is 14.1. The zero-order chi connectivity index (χ0) is 17.8. The fourth-order valence-corrected chi connectivity index (χ4v) is 4.21. The van der Waals surface area contributed by atoms with E-state index in [1.165, 1.54) is 7.05 Å². The number of carboxylic acids is 1. The maximum Gasteiger partial charge on any atom is 0.310 e. The average molecular weight is 354 g/mol. The summed E-state index contributed by atoms with van der Waals surface area (Å²) < 4.78 is 25.8. The summed E-state index contributed by atoms with van der Waals surface area (Å²) in [5, 5.41) is 9.66. The van der Waals surface area contributed by atoms with Gasteiger partial charge in [0.15, 0.2) is 0 Å². The van der Waals surface area contributed by atoms with Gasteiger partial charge in [0, 0.05) is 13.1 Å². The molecule has 0 aliphatic carbocycles. The molecular weight excluding hydrogens is 328 g/mol. The number of sulfonamides is 1. The fourth-order valence-electron chi connectivity index (χ4n) is 3.48. The SMILES string of the molecule is CCC[C@@]1(C(=O)O)CCCN(Cc2ccc(S(=O)(=O)NC)cc2)C1. The molecule has 2 rings (SSSR count). The van der Waals surface area contributed by atoms with E-state index in [0.29, 0.717) is 19.5 Å². The highest BCUT2D eigenvalue weighted by atomic mass is 32.2. The molecule has 1 aliphatic rings. The number of nitrogens with zero attached hydrogens (tertiary/aromatic N) is 1. The third kappa shape index (κ3) is 4.15. The molecule has 0 bridgehead atoms. The molecule has 1 aromatic rings. The molecule has 6 nitrogen and oxygen atoms in total. The number of rotatable bonds is 7. The Labute approximate surface area is 143 Å². The Balaban J connectivity index is 2.09. The van der Waals surface area contributed by atoms with Crippen LogP contribution in [0, 0.1) is 5.41 Å². The lowest BCUT2D eigenvalue weighted by molar-refractivity contribution is -0.153. The minimum atomic E-state index is -3.43. The topological polar surface area (TPSA) is 86.7 Å². The Morgan fingerprint density at radius 3 is 2.54 bits per heavy atom. The van der Waals surface area contributed by atoms with Crippen LogP contribution in [0.3, 0.4) is 0 Å². The number of benzene rings is 1. The van der Waals surface area contributed by atoms with Crippen molar-refractivity contribution in [1.82, 2.24) is 9.62 Å². The smallest absolute Gasteiger partial charge is 0.310 e. The Kier molecular flexibility index (Phi) is 6.01. The minimum Gasteiger partial charge on any atom is -0.481 e. The molecule has 0 amide bonds. The first-order valence-electron chi connectivity index (χ1n) is 8.31. The normalized spacial score (nSPS) is 22.4. The van der Waals surface area contributed by atoms with Crippen LogP contribution >= 0.6 is 0 Å². The van der Waals surface area contributed by atoms with E-state index in [4.69, 9.17) is 0 Å². The molecule has 24 heavy (non-hydrogen) atoms. The summed E-state index contributed by atoms with van der Waals surface area (Å²) in [5.41, 5.74) is 0.338. The van der Waals surface area contributed by atoms with Gasteiger partial charge in [-0.25, -0.2) is 13.1 Å². The molecule has 1 heterocycles. The first kappa shape index (κ1) is 18.9. The van der Waals surface area contributed by atoms with Gasteiger partial charge < -0.3 is 5.11 Å². The predicted octanol–water partition coefficient (Wildman–Crippen LogP) is 2.06. The van der Waals surface area contributed by atoms with Crippen LogP contribution in [0.5, 0.6) is 0 Å². The second-order valence-electron chi connectivity index (χ2n) is 6.50. The molecule has 7 heteroatoms. The van der Waals surface area contributed by atoms with Crippen LogP contribution in [0.2, 0.25) is 0 Å². The van der Waals surface area contributed by atoms with Crippen molar-refractivity contribution in [2.24, 2.45) is 5.41 Å². The largest absolute Gasteiger partial charge is 0.481 e. The van der Waals surface area contributed by atoms with E-state index >= 15 is 0 Å². The number of hydrogen-bond acceptors (Lipinski definition) is 4. The van der Waals surface area contributed by atoms with Gasteiger partial charge in [0.2, 0.25) is 10.0 Å². The molecule has 0 aromatic heterocycles. The van der Waals surface area contributed by atoms with Crippen LogP contribution in [0.15, 0.2) is 29.2 Å². The van der Waals surface area contributed by atoms with Gasteiger partial charge in [0.1, 0.15) is 0 Å². The number of aliphatic carboxylic acids is 1. The first-order chi connectivity index (χ1) is 11.3. The molecule has 2 N–H and O–H groups in total. The molecule has 1 atom stereocenters. The standard InChI is InChI=1S/C17H26N2O4S/c1-3-9-17(16(20)21)10-4-11-19(13-17)12-14-5-7-15(8-6-14)24(22,23)18-2/h5-8,18H,3-4,9-13H2,1-2H3,(H,20,21)/t17-/m1/s1. The van der Waals surface area contributed by atoms with Crippen LogP contribution in [0.1, 0.15) is 38.2 Å². The Morgan fingerprint density at radius 1 is 1.33 bits per heavy atom. The number of hydrogen-bond donors (Lipinski definition) is 2. The van der Waals surface area contributed by atoms with E-state index in [2.05, 4.69) is 9.62 Å². The van der Waals surface area contributed by atoms with Crippen LogP contribution in [-0.4, -0.2) is 44.5 Å². The van der Waals surface area contributed by atoms with Crippen molar-refractivity contribution in [3.8, 4) is 0 Å². The van der Waals surface area contributed by atoms with Gasteiger partial charge in [0.25, 0.3) is 0 Å². The van der Waals surface area contributed by atoms with Crippen LogP contribution in [0.25, 0.3) is 0 Å². The van der Waals surface area contributed by atoms with E-state index < -0.39 is 21.4 Å². The van der Waals surface area contributed by atoms with Crippen molar-refractivity contribution < 1.29 is 18.3 Å². The Bertz CT molecular complexity index is 668. The second-order valence-corrected chi connectivity index (χ2v) is 8.39. The highest BCUT2D eigenvalue weighted by Gasteiger charge is 2.41. The second kappa shape index (κ2) is 7.63. The van der Waals surface area contributed by atoms with Crippen LogP contribution < -0.4 is 4.72 Å². The zero-order valence-electron chi connectivity index (χ0n) is 14.3. The van der Waals surface area contributed by atoms with Crippen molar-refractivity contribution in [1.29, 1.82) is 0 Å². The molecule has 0 radical (unpaired) electrons. The lowest BCUT2D eigenvalue weighted by atomic mass is 9.76. The predicted molar refractivity (Wildman–Crippen MR) is 92.2 cm³/mol. The van der Waals surface area contributed by atoms with Crippen LogP contribution in [-0.2, 0) is 21.4 Å². The molecule has 1 aromatic carbocycles. The maximum atomic E-state index is 11.8. The molecule has 134 valence electrons. The molecule has 0 saturated carbocycles. The van der Waals surface area contributed by atoms with Gasteiger partial charge in [-0.05, 0) is 50.6 Å². The van der Waals surface area contributed by atoms with E-state index in [0.717, 1.165) is 31.4 Å². The van der Waals surface area contributed by atoms with Crippen molar-refractivity contribution >= 4 is 16.0 Å². The summed E-state index contributed by atoms with van der Waals surface area (Å²) in [7, 11) is -2.04. The highest BCUT2D eigenvalue weighted by molar-refractivity contribution is 7.89. The van der Waals surface area contributed by atoms with Crippen molar-refractivity contribution in [2.75, 3.05) is 20.1 Å². The number of carbonyl (C=O) groups is 1. The number of piperidine rings is 1. The summed E-state index contributed by atoms with van der Waals surface area (Å²) in [6.07, 6.45) is 3.15. The molecule has 1 aliphatic heterocycles. The monoisotopic (exact) mass is 354 g/mol. The van der Waals surface area contributed by atoms with Crippen molar-refractivity contribution in [3.05, 3.63) is 29.8 Å². The van der Waals surface area contributed by atoms with Gasteiger partial charge in [-0.15, -0.1) is 0 Å². The van der Waals surface area contributed by atoms with E-state index in [9.17, 15) is 18.3 Å². The molecule has 1 saturated heterocycles. The summed E-state index contributed by atoms with van der Waals surface area (Å²) in [6, 6.07) is 6.76. The van der Waals surface area contributed by atoms with Gasteiger partial charge in [0.05, 0.1) is 10.3 Å². The minimum absolute atomic E-state index is 0.234. The van der Waals surface area contributed by atoms with Gasteiger partial charge >= 0.3 is 5.97 Å². The summed E-state index contributed by atoms with van der Waals surface area (Å²) in [6.45, 7) is 4.07. The molecule has 0 unspecified atom stereocenters. The number of likely N-dealkylation sites (tertiary alicyclic amines) is 1. The maximum absolute atomic E-state index is 11.8. The molecular formula is C17H26N2O4S. The van der Waals surface area contributed by atoms with Gasteiger partial charge in [-0.2, -0.15) is 0 Å². The first-order valence-corrected chi connectivity index (χ1v) is 9.79. The average Bonchev–Trinajstić information content (AvgIpc) is 2.56. The fraction of sp³-hybridized carbons (Fsp3) is 0.588. The number of carboxylic acid groups (broad SMARTS) is 1. The third-order valence-corrected chi connectivity index (χ3v) is 6.18. The van der Waals surface area contributed by atoms with Crippen molar-refractivity contribution in [2.45, 2.75) is 44.0 Å². The van der Waals surface area contributed by atoms with E-state index in [1.54, 1.807) is 24.3 Å². The van der Waals surface area contributed by atoms with E-state index in [-0.39, 0.29) is 4.90 Å². The molecule has 0 spiro atoms. The molecule has 1 fully saturated rings. The van der Waals surface area contributed by atoms with Gasteiger partial charge in [-0.1, -0.05) is 25.5 Å². The Morgan fingerprint density at radius 2 is 2.00 bits per heavy atom. The lowest BCUT2D eigenvalue weighted by Gasteiger charge is -2.40. The summed E-state index contributed by atoms with van der Waals surface area (Å²) >= 11 is 0. The number of nitrogens with one attached hydrogen (secondary N) is 1. The highest BCUT2D eigenvalue weighted by Crippen LogP contribution is 2.35. The summed E-state index contributed by atoms with van der Waals surface area (Å²) in [5.74, 6) is -0.704. The third-order valence-electron chi connectivity index (χ3n) is 4.75.